The lowest BCUT2D eigenvalue weighted by atomic mass is 10.0. The zero-order valence-corrected chi connectivity index (χ0v) is 82.5. The Bertz CT molecular complexity index is 7690. The number of carbonyl (C=O) groups is 4. The first-order valence-electron chi connectivity index (χ1n) is 48.8. The molecule has 8 aromatic carbocycles. The summed E-state index contributed by atoms with van der Waals surface area (Å²) in [4.78, 5) is 96.3. The van der Waals surface area contributed by atoms with Gasteiger partial charge < -0.3 is 38.5 Å². The first kappa shape index (κ1) is 101. The van der Waals surface area contributed by atoms with Gasteiger partial charge in [-0.2, -0.15) is 0 Å². The van der Waals surface area contributed by atoms with Crippen molar-refractivity contribution in [2.45, 2.75) is 183 Å². The Morgan fingerprint density at radius 2 is 0.630 bits per heavy atom. The third-order valence-corrected chi connectivity index (χ3v) is 26.8. The van der Waals surface area contributed by atoms with Crippen molar-refractivity contribution >= 4 is 45.7 Å². The van der Waals surface area contributed by atoms with E-state index in [0.717, 1.165) is 213 Å². The molecule has 16 aromatic rings. The van der Waals surface area contributed by atoms with Crippen LogP contribution in [0.15, 0.2) is 245 Å². The maximum Gasteiger partial charge on any atom is 0.299 e. The number of benzene rings is 8. The molecule has 4 fully saturated rings. The maximum absolute atomic E-state index is 13.9. The highest BCUT2D eigenvalue weighted by Gasteiger charge is 2.38. The molecular formula is C116H110F6N16O8. The number of likely N-dealkylation sites (tertiary alicyclic amines) is 4. The van der Waals surface area contributed by atoms with E-state index in [1.807, 2.05) is 154 Å². The Hall–Kier alpha value is -16.5. The van der Waals surface area contributed by atoms with Gasteiger partial charge in [0.2, 0.25) is 11.8 Å². The number of hydrogen-bond acceptors (Lipinski definition) is 16. The van der Waals surface area contributed by atoms with Gasteiger partial charge in [0.1, 0.15) is 84.4 Å². The largest absolute Gasteiger partial charge is 0.489 e. The Labute approximate surface area is 842 Å². The topological polar surface area (TPSA) is 239 Å². The summed E-state index contributed by atoms with van der Waals surface area (Å²) in [7, 11) is 0. The minimum absolute atomic E-state index is 0.0653. The number of amides is 4. The molecule has 4 aliphatic heterocycles. The van der Waals surface area contributed by atoms with Crippen molar-refractivity contribution in [2.24, 2.45) is 0 Å². The molecule has 0 N–H and O–H groups in total. The zero-order valence-electron chi connectivity index (χ0n) is 82.5. The number of aromatic nitrogens is 12. The standard InChI is InChI=1S/C30H29FN4O2.C29H26F2N4O2.C29H29FN4O2.C28H26F2N4O2/c1-4-7-27(36)34-16-6-5-8-26(34)30-33-28(29-21(3)32-15-17-35(29)30)23-11-9-22(10-12-23)19-37-24-13-14-25(31)20(2)18-24;1-3-7-25(36)34-16-5-4-10-24(34)29-33-27(28-19(2)32-15-17-35(28)29)20-11-13-22(14-12-20)37-18-21-8-6-9-23(30)26(21)31;1-4-26(35)33-15-6-5-7-25(33)29-32-27(28-20(3)31-14-16-34(28)29)22-10-8-21(9-11-22)18-36-23-12-13-24(30)19(2)17-23;1-3-24(35)33-15-5-4-9-23(33)28-32-26(27-18(2)31-14-16-34(27)28)19-10-12-21(13-11-19)36-17-20-7-6-8-22(29)25(20)30/h9-15,17-18,26H,5-6,8,16,19H2,1-3H3;6,8-9,11-15,17,24H,4-5,10,16,18H2,1-2H3;4,8-14,16-17,25H,1,5-7,15,18H2,2-3H3;3,6-8,10-14,16,23H,1,4-5,9,15,17H2,2H3/t26-;24-;25-;23-/m0000/s1. The molecule has 12 heterocycles. The third kappa shape index (κ3) is 22.2. The Kier molecular flexibility index (Phi) is 31.7. The highest BCUT2D eigenvalue weighted by Crippen LogP contribution is 2.43. The van der Waals surface area contributed by atoms with Gasteiger partial charge in [0.05, 0.1) is 91.8 Å². The molecule has 24 nitrogen and oxygen atoms in total. The van der Waals surface area contributed by atoms with Gasteiger partial charge in [-0.15, -0.1) is 0 Å². The van der Waals surface area contributed by atoms with Crippen molar-refractivity contribution in [1.82, 2.24) is 77.1 Å². The minimum Gasteiger partial charge on any atom is -0.489 e. The van der Waals surface area contributed by atoms with Crippen molar-refractivity contribution in [1.29, 1.82) is 0 Å². The molecule has 30 heteroatoms. The number of hydrogen-bond donors (Lipinski definition) is 0. The van der Waals surface area contributed by atoms with Crippen molar-refractivity contribution in [3.05, 3.63) is 359 Å². The van der Waals surface area contributed by atoms with Gasteiger partial charge in [0.15, 0.2) is 23.3 Å². The van der Waals surface area contributed by atoms with Crippen LogP contribution in [-0.4, -0.2) is 127 Å². The number of fused-ring (bicyclic) bond motifs is 4. The van der Waals surface area contributed by atoms with E-state index < -0.39 is 23.3 Å². The molecule has 0 saturated carbocycles. The van der Waals surface area contributed by atoms with E-state index >= 15 is 0 Å². The molecule has 0 spiro atoms. The van der Waals surface area contributed by atoms with Gasteiger partial charge in [-0.3, -0.25) is 56.7 Å². The van der Waals surface area contributed by atoms with Crippen molar-refractivity contribution in [3.63, 3.8) is 0 Å². The van der Waals surface area contributed by atoms with Crippen LogP contribution in [0, 0.1) is 100 Å². The summed E-state index contributed by atoms with van der Waals surface area (Å²) >= 11 is 0. The quantitative estimate of drug-likeness (QED) is 0.0348. The van der Waals surface area contributed by atoms with Gasteiger partial charge in [0.25, 0.3) is 11.8 Å². The fraction of sp³-hybridized carbons (Fsp3) is 0.276. The van der Waals surface area contributed by atoms with Gasteiger partial charge in [-0.1, -0.05) is 97.8 Å². The normalized spacial score (nSPS) is 15.5. The number of nitrogens with zero attached hydrogens (tertiary/aromatic N) is 16. The monoisotopic (exact) mass is 1970 g/mol. The lowest BCUT2D eigenvalue weighted by Gasteiger charge is -2.34. The molecule has 744 valence electrons. The van der Waals surface area contributed by atoms with E-state index in [1.165, 1.54) is 48.6 Å². The molecule has 4 atom stereocenters. The van der Waals surface area contributed by atoms with Crippen molar-refractivity contribution in [2.75, 3.05) is 26.2 Å². The molecule has 146 heavy (non-hydrogen) atoms. The van der Waals surface area contributed by atoms with Crippen LogP contribution >= 0.6 is 0 Å². The van der Waals surface area contributed by atoms with Crippen molar-refractivity contribution < 1.29 is 64.5 Å². The molecule has 8 aromatic heterocycles. The van der Waals surface area contributed by atoms with Crippen LogP contribution in [0.3, 0.4) is 0 Å². The van der Waals surface area contributed by atoms with Gasteiger partial charge in [-0.05, 0) is 276 Å². The number of rotatable bonds is 22. The average Bonchev–Trinajstić information content (AvgIpc) is 1.62. The lowest BCUT2D eigenvalue weighted by molar-refractivity contribution is -0.130. The van der Waals surface area contributed by atoms with Crippen molar-refractivity contribution in [3.8, 4) is 91.7 Å². The molecule has 0 radical (unpaired) electrons. The summed E-state index contributed by atoms with van der Waals surface area (Å²) in [5.41, 5.74) is 17.2. The van der Waals surface area contributed by atoms with Crippen LogP contribution in [0.2, 0.25) is 0 Å². The summed E-state index contributed by atoms with van der Waals surface area (Å²) in [6.45, 7) is 25.2. The van der Waals surface area contributed by atoms with Gasteiger partial charge >= 0.3 is 0 Å². The third-order valence-electron chi connectivity index (χ3n) is 26.8. The van der Waals surface area contributed by atoms with Crippen LogP contribution < -0.4 is 18.9 Å². The van der Waals surface area contributed by atoms with Crippen LogP contribution in [0.25, 0.3) is 67.1 Å². The number of carbonyl (C=O) groups excluding carboxylic acids is 4. The number of imidazole rings is 4. The second-order valence-corrected chi connectivity index (χ2v) is 36.3. The molecule has 0 aliphatic carbocycles. The minimum atomic E-state index is -0.903. The molecule has 20 rings (SSSR count). The molecule has 4 amide bonds. The fourth-order valence-electron chi connectivity index (χ4n) is 19.4. The number of aryl methyl sites for hydroxylation is 6. The molecule has 4 saturated heterocycles. The van der Waals surface area contributed by atoms with E-state index in [1.54, 1.807) is 101 Å². The van der Waals surface area contributed by atoms with E-state index in [-0.39, 0.29) is 83.8 Å². The van der Waals surface area contributed by atoms with Crippen LogP contribution in [0.4, 0.5) is 26.3 Å². The SMILES string of the molecule is C=CC(=O)N1CCCC[C@H]1c1nc(-c2ccc(COc3ccc(F)c(C)c3)cc2)c2c(C)nccn12.C=CC(=O)N1CCCC[C@H]1c1nc(-c2ccc(OCc3cccc(F)c3F)cc2)c2c(C)nccn12.CC#CC(=O)N1CCCC[C@H]1c1nc(-c2ccc(COc3ccc(F)c(C)c3)cc2)c2c(C)nccn12.CC#CC(=O)N1CCCC[C@H]1c1nc(-c2ccc(OCc3cccc(F)c3F)cc2)c2c(C)nccn12. The summed E-state index contributed by atoms with van der Waals surface area (Å²) in [5, 5.41) is 0. The van der Waals surface area contributed by atoms with E-state index in [2.05, 4.69) is 65.6 Å². The second kappa shape index (κ2) is 45.8. The maximum atomic E-state index is 13.9. The summed E-state index contributed by atoms with van der Waals surface area (Å²) < 4.78 is 113. The summed E-state index contributed by atoms with van der Waals surface area (Å²) in [6, 6.07) is 47.7. The zero-order chi connectivity index (χ0) is 102. The first-order valence-corrected chi connectivity index (χ1v) is 48.8. The van der Waals surface area contributed by atoms with E-state index in [9.17, 15) is 45.5 Å². The number of halogens is 6. The predicted octanol–water partition coefficient (Wildman–Crippen LogP) is 23.2. The van der Waals surface area contributed by atoms with Gasteiger partial charge in [-0.25, -0.2) is 46.3 Å². The molecule has 0 bridgehead atoms. The van der Waals surface area contributed by atoms with Crippen LogP contribution in [0.5, 0.6) is 23.0 Å². The molecule has 4 aliphatic rings. The second-order valence-electron chi connectivity index (χ2n) is 36.3. The average molecular weight is 1970 g/mol. The number of ether oxygens (including phenoxy) is 4. The summed E-state index contributed by atoms with van der Waals surface area (Å²) in [5.74, 6) is 11.8. The van der Waals surface area contributed by atoms with E-state index in [4.69, 9.17) is 38.9 Å². The first-order chi connectivity index (χ1) is 70.9. The highest BCUT2D eigenvalue weighted by molar-refractivity contribution is 5.95. The van der Waals surface area contributed by atoms with Crippen LogP contribution in [0.1, 0.15) is 195 Å². The molecular weight excluding hydrogens is 1860 g/mol. The smallest absolute Gasteiger partial charge is 0.299 e. The predicted molar refractivity (Wildman–Crippen MR) is 545 cm³/mol. The Morgan fingerprint density at radius 3 is 0.925 bits per heavy atom. The highest BCUT2D eigenvalue weighted by atomic mass is 19.2. The van der Waals surface area contributed by atoms with Gasteiger partial charge in [0, 0.05) is 109 Å². The molecule has 0 unspecified atom stereocenters. The lowest BCUT2D eigenvalue weighted by Crippen LogP contribution is -2.38. The number of piperidine rings is 4. The van der Waals surface area contributed by atoms with E-state index in [0.29, 0.717) is 73.5 Å². The Balaban J connectivity index is 0.000000133. The van der Waals surface area contributed by atoms with Crippen LogP contribution in [-0.2, 0) is 45.6 Å². The Morgan fingerprint density at radius 1 is 0.349 bits per heavy atom. The summed E-state index contributed by atoms with van der Waals surface area (Å²) in [6.07, 6.45) is 28.6. The fourth-order valence-corrected chi connectivity index (χ4v) is 19.4.